The molecule has 0 bridgehead atoms. The molecule has 0 spiro atoms. The molecule has 30 heavy (non-hydrogen) atoms. The van der Waals surface area contributed by atoms with E-state index in [-0.39, 0.29) is 12.2 Å². The lowest BCUT2D eigenvalue weighted by atomic mass is 9.86. The summed E-state index contributed by atoms with van der Waals surface area (Å²) in [4.78, 5) is 13.1. The van der Waals surface area contributed by atoms with Crippen LogP contribution in [0.3, 0.4) is 0 Å². The molecule has 1 fully saturated rings. The van der Waals surface area contributed by atoms with Crippen LogP contribution in [0, 0.1) is 5.82 Å². The van der Waals surface area contributed by atoms with Crippen molar-refractivity contribution in [1.29, 1.82) is 0 Å². The van der Waals surface area contributed by atoms with Crippen LogP contribution in [0.1, 0.15) is 61.8 Å². The number of rotatable bonds is 4. The fourth-order valence-electron chi connectivity index (χ4n) is 4.45. The zero-order valence-corrected chi connectivity index (χ0v) is 16.7. The minimum Gasteiger partial charge on any atom is -0.351 e. The maximum Gasteiger partial charge on any atom is 0.222 e. The second-order valence-electron chi connectivity index (χ2n) is 8.23. The zero-order chi connectivity index (χ0) is 20.6. The van der Waals surface area contributed by atoms with E-state index in [0.717, 1.165) is 55.4 Å². The molecule has 6 nitrogen and oxygen atoms in total. The Hall–Kier alpha value is -2.90. The van der Waals surface area contributed by atoms with Crippen LogP contribution in [0.4, 0.5) is 14.7 Å². The van der Waals surface area contributed by atoms with Crippen molar-refractivity contribution >= 4 is 17.2 Å². The molecular formula is C22H24F2N6. The van der Waals surface area contributed by atoms with Crippen molar-refractivity contribution in [3.8, 4) is 0 Å². The number of pyridine rings is 1. The average molecular weight is 410 g/mol. The van der Waals surface area contributed by atoms with Crippen molar-refractivity contribution in [2.75, 3.05) is 11.9 Å². The van der Waals surface area contributed by atoms with E-state index in [1.807, 2.05) is 0 Å². The van der Waals surface area contributed by atoms with Crippen LogP contribution in [-0.4, -0.2) is 36.8 Å². The van der Waals surface area contributed by atoms with Crippen LogP contribution in [0.25, 0.3) is 11.2 Å². The van der Waals surface area contributed by atoms with E-state index in [9.17, 15) is 8.78 Å². The van der Waals surface area contributed by atoms with Gasteiger partial charge < -0.3 is 5.32 Å². The highest BCUT2D eigenvalue weighted by Gasteiger charge is 2.31. The van der Waals surface area contributed by atoms with Gasteiger partial charge in [0, 0.05) is 23.5 Å². The number of halogens is 2. The van der Waals surface area contributed by atoms with E-state index in [4.69, 9.17) is 0 Å². The van der Waals surface area contributed by atoms with Gasteiger partial charge in [-0.1, -0.05) is 25.3 Å². The first kappa shape index (κ1) is 19.1. The zero-order valence-electron chi connectivity index (χ0n) is 16.7. The van der Waals surface area contributed by atoms with Crippen molar-refractivity contribution in [3.05, 3.63) is 53.5 Å². The molecule has 0 aliphatic heterocycles. The minimum atomic E-state index is -1.18. The maximum absolute atomic E-state index is 14.9. The molecule has 3 aromatic heterocycles. The fourth-order valence-corrected chi connectivity index (χ4v) is 4.45. The summed E-state index contributed by atoms with van der Waals surface area (Å²) in [6.07, 6.45) is 13.7. The molecule has 0 aromatic carbocycles. The Morgan fingerprint density at radius 1 is 1.13 bits per heavy atom. The lowest BCUT2D eigenvalue weighted by molar-refractivity contribution is 0.122. The van der Waals surface area contributed by atoms with Gasteiger partial charge in [0.05, 0.1) is 12.2 Å². The van der Waals surface area contributed by atoms with Crippen LogP contribution < -0.4 is 5.32 Å². The second kappa shape index (κ2) is 7.74. The Balaban J connectivity index is 1.43. The number of alkyl halides is 1. The Morgan fingerprint density at radius 2 is 2.00 bits per heavy atom. The van der Waals surface area contributed by atoms with Gasteiger partial charge in [0.2, 0.25) is 5.95 Å². The molecule has 0 saturated heterocycles. The second-order valence-corrected chi connectivity index (χ2v) is 8.23. The van der Waals surface area contributed by atoms with Crippen molar-refractivity contribution in [1.82, 2.24) is 24.6 Å². The van der Waals surface area contributed by atoms with Gasteiger partial charge in [-0.3, -0.25) is 0 Å². The van der Waals surface area contributed by atoms with E-state index in [0.29, 0.717) is 24.4 Å². The highest BCUT2D eigenvalue weighted by molar-refractivity contribution is 5.81. The molecule has 0 radical (unpaired) electrons. The number of aromatic nitrogens is 5. The predicted octanol–water partition coefficient (Wildman–Crippen LogP) is 4.51. The summed E-state index contributed by atoms with van der Waals surface area (Å²) >= 11 is 0. The number of fused-ring (bicyclic) bond motifs is 2. The van der Waals surface area contributed by atoms with Crippen LogP contribution in [0.2, 0.25) is 0 Å². The standard InChI is InChI=1S/C22H24F2N6/c23-18-10-15(12-30-20(18)27-14-28-30)16-6-2-3-7-19-17(16)11-25-21(29-19)26-13-22(24)8-4-1-5-9-22/h6,10-12,14H,1-5,7-9,13H2,(H,25,26,29). The van der Waals surface area contributed by atoms with Gasteiger partial charge in [0.1, 0.15) is 12.0 Å². The van der Waals surface area contributed by atoms with E-state index in [1.165, 1.54) is 16.9 Å². The molecule has 0 amide bonds. The molecule has 3 aromatic rings. The molecule has 2 aliphatic carbocycles. The van der Waals surface area contributed by atoms with Gasteiger partial charge in [-0.2, -0.15) is 5.10 Å². The minimum absolute atomic E-state index is 0.201. The van der Waals surface area contributed by atoms with Crippen molar-refractivity contribution in [2.24, 2.45) is 0 Å². The molecule has 1 saturated carbocycles. The first-order valence-electron chi connectivity index (χ1n) is 10.6. The number of anilines is 1. The van der Waals surface area contributed by atoms with Crippen molar-refractivity contribution in [3.63, 3.8) is 0 Å². The lowest BCUT2D eigenvalue weighted by Gasteiger charge is -2.29. The Kier molecular flexibility index (Phi) is 4.92. The maximum atomic E-state index is 14.9. The third-order valence-electron chi connectivity index (χ3n) is 6.08. The van der Waals surface area contributed by atoms with Gasteiger partial charge in [-0.15, -0.1) is 0 Å². The summed E-state index contributed by atoms with van der Waals surface area (Å²) < 4.78 is 30.8. The summed E-state index contributed by atoms with van der Waals surface area (Å²) in [7, 11) is 0. The lowest BCUT2D eigenvalue weighted by Crippen LogP contribution is -2.34. The van der Waals surface area contributed by atoms with Crippen molar-refractivity contribution < 1.29 is 8.78 Å². The van der Waals surface area contributed by atoms with Gasteiger partial charge >= 0.3 is 0 Å². The summed E-state index contributed by atoms with van der Waals surface area (Å²) in [6, 6.07) is 1.48. The van der Waals surface area contributed by atoms with Crippen LogP contribution >= 0.6 is 0 Å². The quantitative estimate of drug-likeness (QED) is 0.685. The molecule has 5 rings (SSSR count). The molecule has 0 atom stereocenters. The molecule has 1 N–H and O–H groups in total. The van der Waals surface area contributed by atoms with E-state index in [1.54, 1.807) is 12.4 Å². The van der Waals surface area contributed by atoms with Crippen LogP contribution in [0.15, 0.2) is 30.9 Å². The van der Waals surface area contributed by atoms with Gasteiger partial charge in [-0.25, -0.2) is 28.2 Å². The molecule has 0 unspecified atom stereocenters. The van der Waals surface area contributed by atoms with Gasteiger partial charge in [0.15, 0.2) is 11.5 Å². The summed E-state index contributed by atoms with van der Waals surface area (Å²) in [6.45, 7) is 0.239. The fraction of sp³-hybridized carbons (Fsp3) is 0.455. The van der Waals surface area contributed by atoms with Crippen LogP contribution in [0.5, 0.6) is 0 Å². The Bertz CT molecular complexity index is 1100. The molecule has 3 heterocycles. The van der Waals surface area contributed by atoms with E-state index >= 15 is 0 Å². The normalized spacial score (nSPS) is 18.5. The molecule has 156 valence electrons. The summed E-state index contributed by atoms with van der Waals surface area (Å²) in [5, 5.41) is 7.18. The number of aryl methyl sites for hydroxylation is 1. The summed E-state index contributed by atoms with van der Waals surface area (Å²) in [5.41, 5.74) is 2.40. The predicted molar refractivity (Wildman–Crippen MR) is 110 cm³/mol. The molecule has 8 heteroatoms. The summed E-state index contributed by atoms with van der Waals surface area (Å²) in [5.74, 6) is 0.0344. The number of nitrogens with zero attached hydrogens (tertiary/aromatic N) is 5. The first-order valence-corrected chi connectivity index (χ1v) is 10.6. The topological polar surface area (TPSA) is 68.0 Å². The van der Waals surface area contributed by atoms with Crippen molar-refractivity contribution in [2.45, 2.75) is 57.0 Å². The smallest absolute Gasteiger partial charge is 0.222 e. The monoisotopic (exact) mass is 410 g/mol. The number of hydrogen-bond acceptors (Lipinski definition) is 5. The SMILES string of the molecule is Fc1cc(C2=CCCCc3nc(NCC4(F)CCCCC4)ncc32)cn2ncnc12. The van der Waals surface area contributed by atoms with E-state index < -0.39 is 11.5 Å². The molecular weight excluding hydrogens is 386 g/mol. The number of allylic oxidation sites excluding steroid dienone is 1. The van der Waals surface area contributed by atoms with E-state index in [2.05, 4.69) is 31.4 Å². The average Bonchev–Trinajstić information content (AvgIpc) is 3.13. The Labute approximate surface area is 173 Å². The number of nitrogens with one attached hydrogen (secondary N) is 1. The Morgan fingerprint density at radius 3 is 2.87 bits per heavy atom. The van der Waals surface area contributed by atoms with Crippen LogP contribution in [-0.2, 0) is 6.42 Å². The van der Waals surface area contributed by atoms with Gasteiger partial charge in [0.25, 0.3) is 0 Å². The number of hydrogen-bond donors (Lipinski definition) is 1. The third kappa shape index (κ3) is 3.66. The highest BCUT2D eigenvalue weighted by atomic mass is 19.1. The van der Waals surface area contributed by atoms with Gasteiger partial charge in [-0.05, 0) is 43.7 Å². The highest BCUT2D eigenvalue weighted by Crippen LogP contribution is 2.33. The third-order valence-corrected chi connectivity index (χ3v) is 6.08. The molecule has 2 aliphatic rings. The first-order chi connectivity index (χ1) is 14.6. The largest absolute Gasteiger partial charge is 0.351 e.